The molecule has 7 heteroatoms. The van der Waals surface area contributed by atoms with Crippen LogP contribution >= 0.6 is 0 Å². The van der Waals surface area contributed by atoms with E-state index in [-0.39, 0.29) is 5.90 Å². The van der Waals surface area contributed by atoms with Gasteiger partial charge in [0.05, 0.1) is 29.8 Å². The minimum Gasteiger partial charge on any atom is -0.447 e. The molecule has 0 amide bonds. The predicted octanol–water partition coefficient (Wildman–Crippen LogP) is 2.98. The van der Waals surface area contributed by atoms with Gasteiger partial charge in [0.25, 0.3) is 0 Å². The molecule has 1 aliphatic carbocycles. The maximum absolute atomic E-state index is 10.2. The Morgan fingerprint density at radius 3 is 2.58 bits per heavy atom. The molecule has 1 N–H and O–H groups in total. The Morgan fingerprint density at radius 1 is 1.12 bits per heavy atom. The van der Waals surface area contributed by atoms with Crippen LogP contribution in [0.3, 0.4) is 0 Å². The van der Waals surface area contributed by atoms with Gasteiger partial charge in [0.15, 0.2) is 5.41 Å². The van der Waals surface area contributed by atoms with E-state index in [1.54, 1.807) is 24.4 Å². The Labute approximate surface area is 151 Å². The highest BCUT2D eigenvalue weighted by Gasteiger charge is 2.80. The van der Waals surface area contributed by atoms with E-state index < -0.39 is 28.6 Å². The number of nitrogens with one attached hydrogen (secondary N) is 1. The van der Waals surface area contributed by atoms with Crippen LogP contribution in [0, 0.1) is 56.2 Å². The standard InChI is InChI=1S/C19H17N5O2/c20-10-17(11-21)15(13-6-3-5-9-24-13)25-19-8-4-1-2-7-14(19)18(17,12-22)16(23)26-19/h3,5-6,9,14-15,23H,1-2,4,7-8H2/t14-,15-,18+,19+/m0/s1. The summed E-state index contributed by atoms with van der Waals surface area (Å²) in [6.07, 6.45) is 4.25. The van der Waals surface area contributed by atoms with Crippen LogP contribution < -0.4 is 0 Å². The molecular weight excluding hydrogens is 330 g/mol. The third-order valence-corrected chi connectivity index (χ3v) is 6.02. The molecule has 2 aliphatic heterocycles. The molecule has 0 spiro atoms. The summed E-state index contributed by atoms with van der Waals surface area (Å²) < 4.78 is 12.2. The van der Waals surface area contributed by atoms with Crippen molar-refractivity contribution in [3.63, 3.8) is 0 Å². The van der Waals surface area contributed by atoms with Gasteiger partial charge in [0.2, 0.25) is 17.1 Å². The largest absolute Gasteiger partial charge is 0.447 e. The highest BCUT2D eigenvalue weighted by Crippen LogP contribution is 2.68. The molecule has 2 bridgehead atoms. The second-order valence-electron chi connectivity index (χ2n) is 7.10. The van der Waals surface area contributed by atoms with Crippen LogP contribution in [-0.2, 0) is 9.47 Å². The fourth-order valence-corrected chi connectivity index (χ4v) is 4.83. The summed E-state index contributed by atoms with van der Waals surface area (Å²) in [4.78, 5) is 4.28. The first-order valence-corrected chi connectivity index (χ1v) is 8.71. The first kappa shape index (κ1) is 16.5. The van der Waals surface area contributed by atoms with Gasteiger partial charge in [0, 0.05) is 12.6 Å². The number of hydrogen-bond donors (Lipinski definition) is 1. The van der Waals surface area contributed by atoms with E-state index >= 15 is 0 Å². The van der Waals surface area contributed by atoms with Crippen molar-refractivity contribution < 1.29 is 9.47 Å². The average Bonchev–Trinajstić information content (AvgIpc) is 2.81. The molecule has 4 rings (SSSR count). The van der Waals surface area contributed by atoms with Gasteiger partial charge in [-0.3, -0.25) is 10.4 Å². The summed E-state index contributed by atoms with van der Waals surface area (Å²) in [6, 6.07) is 11.4. The van der Waals surface area contributed by atoms with Gasteiger partial charge >= 0.3 is 0 Å². The van der Waals surface area contributed by atoms with E-state index in [0.29, 0.717) is 18.5 Å². The maximum atomic E-state index is 10.2. The summed E-state index contributed by atoms with van der Waals surface area (Å²) >= 11 is 0. The van der Waals surface area contributed by atoms with Crippen molar-refractivity contribution in [1.29, 1.82) is 21.2 Å². The van der Waals surface area contributed by atoms with Crippen molar-refractivity contribution in [3.05, 3.63) is 30.1 Å². The maximum Gasteiger partial charge on any atom is 0.217 e. The summed E-state index contributed by atoms with van der Waals surface area (Å²) in [5, 5.41) is 38.8. The first-order chi connectivity index (χ1) is 12.6. The van der Waals surface area contributed by atoms with Crippen LogP contribution in [0.2, 0.25) is 0 Å². The molecule has 1 aromatic rings. The molecule has 1 saturated carbocycles. The van der Waals surface area contributed by atoms with Gasteiger partial charge in [-0.05, 0) is 25.0 Å². The molecule has 3 aliphatic rings. The Bertz CT molecular complexity index is 866. The third kappa shape index (κ3) is 1.72. The number of rotatable bonds is 1. The Hall–Kier alpha value is -2.95. The van der Waals surface area contributed by atoms with Gasteiger partial charge in [-0.25, -0.2) is 0 Å². The molecule has 26 heavy (non-hydrogen) atoms. The van der Waals surface area contributed by atoms with Gasteiger partial charge in [-0.15, -0.1) is 0 Å². The molecule has 0 radical (unpaired) electrons. The van der Waals surface area contributed by atoms with E-state index in [1.807, 2.05) is 12.1 Å². The van der Waals surface area contributed by atoms with Gasteiger partial charge in [-0.2, -0.15) is 15.8 Å². The third-order valence-electron chi connectivity index (χ3n) is 6.02. The van der Waals surface area contributed by atoms with E-state index in [4.69, 9.17) is 14.9 Å². The predicted molar refractivity (Wildman–Crippen MR) is 87.9 cm³/mol. The van der Waals surface area contributed by atoms with E-state index in [2.05, 4.69) is 11.1 Å². The molecule has 3 fully saturated rings. The van der Waals surface area contributed by atoms with Crippen molar-refractivity contribution in [1.82, 2.24) is 4.98 Å². The lowest BCUT2D eigenvalue weighted by molar-refractivity contribution is -0.285. The topological polar surface area (TPSA) is 127 Å². The quantitative estimate of drug-likeness (QED) is 0.832. The van der Waals surface area contributed by atoms with Crippen LogP contribution in [0.5, 0.6) is 0 Å². The van der Waals surface area contributed by atoms with Gasteiger partial charge in [-0.1, -0.05) is 18.9 Å². The normalized spacial score (nSPS) is 37.2. The lowest BCUT2D eigenvalue weighted by atomic mass is 9.53. The van der Waals surface area contributed by atoms with Crippen LogP contribution in [0.4, 0.5) is 0 Å². The van der Waals surface area contributed by atoms with Gasteiger partial charge < -0.3 is 9.47 Å². The molecule has 4 atom stereocenters. The number of ether oxygens (including phenoxy) is 2. The Balaban J connectivity index is 2.01. The highest BCUT2D eigenvalue weighted by molar-refractivity contribution is 5.89. The molecule has 0 aromatic carbocycles. The van der Waals surface area contributed by atoms with Crippen molar-refractivity contribution in [2.75, 3.05) is 0 Å². The van der Waals surface area contributed by atoms with Crippen LogP contribution in [0.1, 0.15) is 43.9 Å². The minimum atomic E-state index is -1.90. The number of pyridine rings is 1. The number of aromatic nitrogens is 1. The van der Waals surface area contributed by atoms with Crippen molar-refractivity contribution in [2.45, 2.75) is 44.0 Å². The van der Waals surface area contributed by atoms with Gasteiger partial charge in [0.1, 0.15) is 6.10 Å². The fourth-order valence-electron chi connectivity index (χ4n) is 4.83. The number of nitriles is 3. The molecule has 0 unspecified atom stereocenters. The summed E-state index contributed by atoms with van der Waals surface area (Å²) in [5.74, 6) is -1.99. The smallest absolute Gasteiger partial charge is 0.217 e. The molecule has 7 nitrogen and oxygen atoms in total. The number of nitrogens with zero attached hydrogens (tertiary/aromatic N) is 4. The zero-order chi connectivity index (χ0) is 18.4. The van der Waals surface area contributed by atoms with Crippen LogP contribution in [0.25, 0.3) is 0 Å². The van der Waals surface area contributed by atoms with E-state index in [1.165, 1.54) is 0 Å². The number of hydrogen-bond acceptors (Lipinski definition) is 7. The van der Waals surface area contributed by atoms with Crippen LogP contribution in [-0.4, -0.2) is 16.7 Å². The van der Waals surface area contributed by atoms with E-state index in [0.717, 1.165) is 19.3 Å². The highest BCUT2D eigenvalue weighted by atomic mass is 16.7. The first-order valence-electron chi connectivity index (χ1n) is 8.71. The monoisotopic (exact) mass is 347 g/mol. The zero-order valence-corrected chi connectivity index (χ0v) is 14.1. The summed E-state index contributed by atoms with van der Waals surface area (Å²) in [7, 11) is 0. The Kier molecular flexibility index (Phi) is 3.51. The summed E-state index contributed by atoms with van der Waals surface area (Å²) in [6.45, 7) is 0. The molecule has 2 saturated heterocycles. The minimum absolute atomic E-state index is 0.326. The van der Waals surface area contributed by atoms with Crippen LogP contribution in [0.15, 0.2) is 24.4 Å². The van der Waals surface area contributed by atoms with Crippen molar-refractivity contribution >= 4 is 5.90 Å². The fraction of sp³-hybridized carbons (Fsp3) is 0.526. The molecule has 1 aromatic heterocycles. The average molecular weight is 347 g/mol. The molecule has 3 heterocycles. The van der Waals surface area contributed by atoms with E-state index in [9.17, 15) is 15.8 Å². The lowest BCUT2D eigenvalue weighted by Crippen LogP contribution is -2.59. The second-order valence-corrected chi connectivity index (χ2v) is 7.10. The zero-order valence-electron chi connectivity index (χ0n) is 14.1. The Morgan fingerprint density at radius 2 is 1.92 bits per heavy atom. The van der Waals surface area contributed by atoms with Crippen molar-refractivity contribution in [2.24, 2.45) is 16.7 Å². The SMILES string of the molecule is N#CC1(C#N)[C@H](c2ccccn2)O[C@@]23CCCCC[C@H]2[C@]1(C#N)C(=N)O3. The summed E-state index contributed by atoms with van der Waals surface area (Å²) in [5.41, 5.74) is -3.17. The molecular formula is C19H17N5O2. The van der Waals surface area contributed by atoms with Crippen molar-refractivity contribution in [3.8, 4) is 18.2 Å². The second kappa shape index (κ2) is 5.53. The molecule has 130 valence electrons. The lowest BCUT2D eigenvalue weighted by Gasteiger charge is -2.49.